The first kappa shape index (κ1) is 11.9. The lowest BCUT2D eigenvalue weighted by molar-refractivity contribution is 0.587. The van der Waals surface area contributed by atoms with E-state index >= 15 is 0 Å². The zero-order valence-corrected chi connectivity index (χ0v) is 10.4. The fourth-order valence-corrected chi connectivity index (χ4v) is 1.83. The van der Waals surface area contributed by atoms with Gasteiger partial charge in [-0.15, -0.1) is 0 Å². The van der Waals surface area contributed by atoms with E-state index in [4.69, 9.17) is 0 Å². The number of nitrogens with one attached hydrogen (secondary N) is 1. The van der Waals surface area contributed by atoms with E-state index in [-0.39, 0.29) is 0 Å². The molecule has 0 amide bonds. The van der Waals surface area contributed by atoms with Crippen LogP contribution in [-0.2, 0) is 26.6 Å². The maximum Gasteiger partial charge on any atom is 0.122 e. The van der Waals surface area contributed by atoms with Crippen molar-refractivity contribution in [3.63, 3.8) is 0 Å². The largest absolute Gasteiger partial charge is 0.333 e. The fraction of sp³-hybridized carbons (Fsp3) is 0.500. The Hall–Kier alpha value is -1.62. The van der Waals surface area contributed by atoms with Crippen LogP contribution < -0.4 is 5.32 Å². The fourth-order valence-electron chi connectivity index (χ4n) is 1.83. The predicted octanol–water partition coefficient (Wildman–Crippen LogP) is 0.969. The summed E-state index contributed by atoms with van der Waals surface area (Å²) in [6.07, 6.45) is 6.70. The van der Waals surface area contributed by atoms with Gasteiger partial charge in [0.15, 0.2) is 0 Å². The number of aromatic nitrogens is 4. The van der Waals surface area contributed by atoms with Crippen LogP contribution in [0.25, 0.3) is 0 Å². The van der Waals surface area contributed by atoms with Gasteiger partial charge in [0.05, 0.1) is 6.54 Å². The number of nitrogens with zero attached hydrogens (tertiary/aromatic N) is 4. The molecule has 0 saturated carbocycles. The van der Waals surface area contributed by atoms with Crippen LogP contribution in [0.15, 0.2) is 24.7 Å². The summed E-state index contributed by atoms with van der Waals surface area (Å²) in [7, 11) is 1.97. The maximum atomic E-state index is 4.35. The van der Waals surface area contributed by atoms with Gasteiger partial charge in [0.1, 0.15) is 5.82 Å². The smallest absolute Gasteiger partial charge is 0.122 e. The van der Waals surface area contributed by atoms with Gasteiger partial charge in [-0.2, -0.15) is 5.10 Å². The number of aryl methyl sites for hydroxylation is 3. The summed E-state index contributed by atoms with van der Waals surface area (Å²) in [5, 5.41) is 7.46. The molecule has 0 aliphatic rings. The first-order valence-corrected chi connectivity index (χ1v) is 5.99. The second-order valence-corrected chi connectivity index (χ2v) is 4.01. The lowest BCUT2D eigenvalue weighted by Crippen LogP contribution is -2.17. The zero-order valence-electron chi connectivity index (χ0n) is 10.4. The van der Waals surface area contributed by atoms with Crippen LogP contribution in [0.4, 0.5) is 0 Å². The van der Waals surface area contributed by atoms with E-state index in [1.807, 2.05) is 30.3 Å². The van der Waals surface area contributed by atoms with Gasteiger partial charge in [-0.3, -0.25) is 4.68 Å². The summed E-state index contributed by atoms with van der Waals surface area (Å²) in [5.41, 5.74) is 1.24. The van der Waals surface area contributed by atoms with Crippen LogP contribution in [-0.4, -0.2) is 25.9 Å². The van der Waals surface area contributed by atoms with Gasteiger partial charge in [-0.05, 0) is 12.6 Å². The maximum absolute atomic E-state index is 4.35. The molecule has 2 heterocycles. The molecule has 0 aliphatic carbocycles. The Balaban J connectivity index is 1.95. The number of hydrogen-bond donors (Lipinski definition) is 1. The van der Waals surface area contributed by atoms with E-state index < -0.39 is 0 Å². The minimum Gasteiger partial charge on any atom is -0.333 e. The number of imidazole rings is 1. The standard InChI is InChI=1S/C12H19N5/c1-3-13-10-12-14-7-9-17(12)8-5-11-4-6-15-16(11)2/h4,6-7,9,13H,3,5,8,10H2,1-2H3. The van der Waals surface area contributed by atoms with Gasteiger partial charge in [0.25, 0.3) is 0 Å². The van der Waals surface area contributed by atoms with Gasteiger partial charge in [-0.1, -0.05) is 6.92 Å². The molecule has 5 nitrogen and oxygen atoms in total. The van der Waals surface area contributed by atoms with E-state index in [2.05, 4.69) is 33.0 Å². The summed E-state index contributed by atoms with van der Waals surface area (Å²) < 4.78 is 4.11. The molecule has 0 saturated heterocycles. The van der Waals surface area contributed by atoms with Gasteiger partial charge in [-0.25, -0.2) is 4.98 Å². The average Bonchev–Trinajstić information content (AvgIpc) is 2.93. The molecule has 2 aromatic heterocycles. The van der Waals surface area contributed by atoms with Crippen molar-refractivity contribution in [1.29, 1.82) is 0 Å². The summed E-state index contributed by atoms with van der Waals surface area (Å²) >= 11 is 0. The Morgan fingerprint density at radius 3 is 2.94 bits per heavy atom. The molecule has 0 bridgehead atoms. The van der Waals surface area contributed by atoms with Crippen molar-refractivity contribution in [2.45, 2.75) is 26.4 Å². The molecule has 0 radical (unpaired) electrons. The molecule has 2 rings (SSSR count). The molecule has 0 unspecified atom stereocenters. The summed E-state index contributed by atoms with van der Waals surface area (Å²) in [5.74, 6) is 1.09. The second kappa shape index (κ2) is 5.63. The van der Waals surface area contributed by atoms with Crippen LogP contribution in [0.2, 0.25) is 0 Å². The van der Waals surface area contributed by atoms with Crippen molar-refractivity contribution in [3.8, 4) is 0 Å². The van der Waals surface area contributed by atoms with Crippen LogP contribution >= 0.6 is 0 Å². The Labute approximate surface area is 101 Å². The van der Waals surface area contributed by atoms with Crippen molar-refractivity contribution in [3.05, 3.63) is 36.2 Å². The molecular weight excluding hydrogens is 214 g/mol. The molecule has 17 heavy (non-hydrogen) atoms. The number of rotatable bonds is 6. The third-order valence-corrected chi connectivity index (χ3v) is 2.87. The second-order valence-electron chi connectivity index (χ2n) is 4.01. The number of hydrogen-bond acceptors (Lipinski definition) is 3. The highest BCUT2D eigenvalue weighted by Gasteiger charge is 2.03. The quantitative estimate of drug-likeness (QED) is 0.808. The van der Waals surface area contributed by atoms with Gasteiger partial charge in [0, 0.05) is 44.3 Å². The highest BCUT2D eigenvalue weighted by atomic mass is 15.3. The average molecular weight is 233 g/mol. The molecule has 1 N–H and O–H groups in total. The molecule has 0 spiro atoms. The Kier molecular flexibility index (Phi) is 3.93. The Morgan fingerprint density at radius 1 is 1.35 bits per heavy atom. The molecule has 0 aromatic carbocycles. The van der Waals surface area contributed by atoms with Crippen molar-refractivity contribution in [2.24, 2.45) is 7.05 Å². The minimum atomic E-state index is 0.828. The molecule has 2 aromatic rings. The monoisotopic (exact) mass is 233 g/mol. The van der Waals surface area contributed by atoms with E-state index in [0.717, 1.165) is 31.9 Å². The SMILES string of the molecule is CCNCc1nccn1CCc1ccnn1C. The summed E-state index contributed by atoms with van der Waals surface area (Å²) in [6.45, 7) is 4.84. The topological polar surface area (TPSA) is 47.7 Å². The molecule has 92 valence electrons. The van der Waals surface area contributed by atoms with Crippen molar-refractivity contribution in [1.82, 2.24) is 24.6 Å². The highest BCUT2D eigenvalue weighted by Crippen LogP contribution is 2.03. The van der Waals surface area contributed by atoms with Gasteiger partial charge < -0.3 is 9.88 Å². The zero-order chi connectivity index (χ0) is 12.1. The first-order chi connectivity index (χ1) is 8.31. The third-order valence-electron chi connectivity index (χ3n) is 2.87. The lowest BCUT2D eigenvalue weighted by atomic mass is 10.3. The third kappa shape index (κ3) is 2.94. The van der Waals surface area contributed by atoms with Crippen LogP contribution in [0, 0.1) is 0 Å². The van der Waals surface area contributed by atoms with Gasteiger partial charge in [0.2, 0.25) is 0 Å². The Morgan fingerprint density at radius 2 is 2.24 bits per heavy atom. The molecule has 0 aliphatic heterocycles. The molecule has 0 atom stereocenters. The Bertz CT molecular complexity index is 457. The lowest BCUT2D eigenvalue weighted by Gasteiger charge is -2.08. The van der Waals surface area contributed by atoms with E-state index in [1.54, 1.807) is 0 Å². The van der Waals surface area contributed by atoms with Crippen molar-refractivity contribution in [2.75, 3.05) is 6.54 Å². The molecule has 0 fully saturated rings. The van der Waals surface area contributed by atoms with Crippen LogP contribution in [0.1, 0.15) is 18.4 Å². The van der Waals surface area contributed by atoms with Crippen molar-refractivity contribution < 1.29 is 0 Å². The summed E-state index contributed by atoms with van der Waals surface area (Å²) in [6, 6.07) is 2.06. The highest BCUT2D eigenvalue weighted by molar-refractivity contribution is 5.01. The normalized spacial score (nSPS) is 10.9. The molecule has 5 heteroatoms. The summed E-state index contributed by atoms with van der Waals surface area (Å²) in [4.78, 5) is 4.35. The molecular formula is C12H19N5. The van der Waals surface area contributed by atoms with E-state index in [9.17, 15) is 0 Å². The van der Waals surface area contributed by atoms with Crippen LogP contribution in [0.3, 0.4) is 0 Å². The van der Waals surface area contributed by atoms with E-state index in [1.165, 1.54) is 5.69 Å². The van der Waals surface area contributed by atoms with Gasteiger partial charge >= 0.3 is 0 Å². The first-order valence-electron chi connectivity index (χ1n) is 5.99. The van der Waals surface area contributed by atoms with Crippen LogP contribution in [0.5, 0.6) is 0 Å². The predicted molar refractivity (Wildman–Crippen MR) is 66.5 cm³/mol. The van der Waals surface area contributed by atoms with E-state index in [0.29, 0.717) is 0 Å². The van der Waals surface area contributed by atoms with Crippen molar-refractivity contribution >= 4 is 0 Å². The minimum absolute atomic E-state index is 0.828.